The van der Waals surface area contributed by atoms with E-state index in [0.717, 1.165) is 12.1 Å². The fourth-order valence-corrected chi connectivity index (χ4v) is 1.99. The van der Waals surface area contributed by atoms with Gasteiger partial charge in [-0.05, 0) is 30.3 Å². The molecule has 0 aliphatic heterocycles. The van der Waals surface area contributed by atoms with Gasteiger partial charge < -0.3 is 10.1 Å². The third-order valence-corrected chi connectivity index (χ3v) is 3.16. The number of halogens is 2. The minimum absolute atomic E-state index is 0.0930. The molecule has 0 spiro atoms. The molecule has 3 aromatic rings. The molecular weight excluding hydrogens is 316 g/mol. The minimum atomic E-state index is -0.852. The Labute approximate surface area is 136 Å². The van der Waals surface area contributed by atoms with Crippen LogP contribution in [0.4, 0.5) is 14.5 Å². The van der Waals surface area contributed by atoms with Crippen LogP contribution >= 0.6 is 0 Å². The van der Waals surface area contributed by atoms with Crippen LogP contribution in [-0.4, -0.2) is 15.7 Å². The Hall–Kier alpha value is -3.22. The topological polar surface area (TPSA) is 56.2 Å². The molecular formula is C17H13F2N3O2. The van der Waals surface area contributed by atoms with Crippen LogP contribution in [0.5, 0.6) is 5.75 Å². The average molecular weight is 329 g/mol. The molecule has 0 saturated carbocycles. The Morgan fingerprint density at radius 2 is 1.92 bits per heavy atom. The van der Waals surface area contributed by atoms with Gasteiger partial charge in [0.1, 0.15) is 17.4 Å². The number of anilines is 1. The van der Waals surface area contributed by atoms with Gasteiger partial charge in [-0.1, -0.05) is 18.2 Å². The van der Waals surface area contributed by atoms with Crippen LogP contribution in [0.2, 0.25) is 0 Å². The van der Waals surface area contributed by atoms with Crippen molar-refractivity contribution in [1.82, 2.24) is 9.78 Å². The molecule has 0 bridgehead atoms. The lowest BCUT2D eigenvalue weighted by molar-refractivity contribution is 0.101. The van der Waals surface area contributed by atoms with E-state index in [9.17, 15) is 13.6 Å². The molecule has 1 heterocycles. The molecule has 122 valence electrons. The van der Waals surface area contributed by atoms with Gasteiger partial charge >= 0.3 is 0 Å². The zero-order chi connectivity index (χ0) is 16.9. The highest BCUT2D eigenvalue weighted by atomic mass is 19.1. The standard InChI is InChI=1S/C17H13F2N3O2/c18-12-6-7-15(14(19)10-12)20-17(23)16-8-9-22(21-16)11-24-13-4-2-1-3-5-13/h1-10H,11H2,(H,20,23). The molecule has 1 aromatic heterocycles. The van der Waals surface area contributed by atoms with E-state index in [1.165, 1.54) is 10.7 Å². The fourth-order valence-electron chi connectivity index (χ4n) is 1.99. The Balaban J connectivity index is 1.63. The van der Waals surface area contributed by atoms with Crippen LogP contribution in [0.15, 0.2) is 60.8 Å². The summed E-state index contributed by atoms with van der Waals surface area (Å²) in [6, 6.07) is 13.5. The number of para-hydroxylation sites is 1. The summed E-state index contributed by atoms with van der Waals surface area (Å²) in [6.45, 7) is 0.127. The van der Waals surface area contributed by atoms with Crippen molar-refractivity contribution in [3.05, 3.63) is 78.1 Å². The number of ether oxygens (including phenoxy) is 1. The fraction of sp³-hybridized carbons (Fsp3) is 0.0588. The van der Waals surface area contributed by atoms with Gasteiger partial charge in [0.15, 0.2) is 12.4 Å². The van der Waals surface area contributed by atoms with Crippen molar-refractivity contribution in [3.63, 3.8) is 0 Å². The number of carbonyl (C=O) groups is 1. The highest BCUT2D eigenvalue weighted by molar-refractivity contribution is 6.02. The van der Waals surface area contributed by atoms with Crippen LogP contribution in [0.25, 0.3) is 0 Å². The molecule has 3 rings (SSSR count). The van der Waals surface area contributed by atoms with Crippen molar-refractivity contribution >= 4 is 11.6 Å². The second-order valence-corrected chi connectivity index (χ2v) is 4.91. The Morgan fingerprint density at radius 1 is 1.12 bits per heavy atom. The first-order chi connectivity index (χ1) is 11.6. The van der Waals surface area contributed by atoms with Gasteiger partial charge in [0.05, 0.1) is 5.69 Å². The Bertz CT molecular complexity index is 850. The number of nitrogens with one attached hydrogen (secondary N) is 1. The van der Waals surface area contributed by atoms with Gasteiger partial charge in [-0.25, -0.2) is 13.5 Å². The maximum atomic E-state index is 13.5. The number of hydrogen-bond acceptors (Lipinski definition) is 3. The lowest BCUT2D eigenvalue weighted by atomic mass is 10.3. The molecule has 5 nitrogen and oxygen atoms in total. The zero-order valence-electron chi connectivity index (χ0n) is 12.4. The molecule has 0 atom stereocenters. The number of aromatic nitrogens is 2. The second-order valence-electron chi connectivity index (χ2n) is 4.91. The van der Waals surface area contributed by atoms with Crippen LogP contribution in [0, 0.1) is 11.6 Å². The Kier molecular flexibility index (Phi) is 4.51. The van der Waals surface area contributed by atoms with Crippen LogP contribution in [0.3, 0.4) is 0 Å². The predicted molar refractivity (Wildman–Crippen MR) is 83.6 cm³/mol. The van der Waals surface area contributed by atoms with Gasteiger partial charge in [0.25, 0.3) is 5.91 Å². The second kappa shape index (κ2) is 6.91. The van der Waals surface area contributed by atoms with Crippen molar-refractivity contribution in [2.24, 2.45) is 0 Å². The van der Waals surface area contributed by atoms with Gasteiger partial charge in [-0.15, -0.1) is 0 Å². The summed E-state index contributed by atoms with van der Waals surface area (Å²) in [5.74, 6) is -1.49. The Morgan fingerprint density at radius 3 is 2.67 bits per heavy atom. The van der Waals surface area contributed by atoms with E-state index in [0.29, 0.717) is 11.8 Å². The monoisotopic (exact) mass is 329 g/mol. The largest absolute Gasteiger partial charge is 0.471 e. The number of nitrogens with zero attached hydrogens (tertiary/aromatic N) is 2. The van der Waals surface area contributed by atoms with E-state index in [-0.39, 0.29) is 18.1 Å². The van der Waals surface area contributed by atoms with Gasteiger partial charge in [0, 0.05) is 12.3 Å². The summed E-state index contributed by atoms with van der Waals surface area (Å²) in [5, 5.41) is 6.40. The molecule has 24 heavy (non-hydrogen) atoms. The summed E-state index contributed by atoms with van der Waals surface area (Å²) in [5.41, 5.74) is -0.0214. The normalized spacial score (nSPS) is 10.4. The molecule has 0 radical (unpaired) electrons. The third-order valence-electron chi connectivity index (χ3n) is 3.16. The van der Waals surface area contributed by atoms with Crippen molar-refractivity contribution in [2.75, 3.05) is 5.32 Å². The van der Waals surface area contributed by atoms with E-state index in [2.05, 4.69) is 10.4 Å². The lowest BCUT2D eigenvalue weighted by Gasteiger charge is -2.06. The molecule has 0 saturated heterocycles. The van der Waals surface area contributed by atoms with Gasteiger partial charge in [-0.2, -0.15) is 5.10 Å². The molecule has 0 aliphatic rings. The van der Waals surface area contributed by atoms with Crippen molar-refractivity contribution in [1.29, 1.82) is 0 Å². The highest BCUT2D eigenvalue weighted by Crippen LogP contribution is 2.16. The lowest BCUT2D eigenvalue weighted by Crippen LogP contribution is -2.15. The third kappa shape index (κ3) is 3.75. The quantitative estimate of drug-likeness (QED) is 0.780. The number of hydrogen-bond donors (Lipinski definition) is 1. The summed E-state index contributed by atoms with van der Waals surface area (Å²) >= 11 is 0. The van der Waals surface area contributed by atoms with Gasteiger partial charge in [0.2, 0.25) is 0 Å². The summed E-state index contributed by atoms with van der Waals surface area (Å²) in [6.07, 6.45) is 1.57. The van der Waals surface area contributed by atoms with Crippen LogP contribution in [-0.2, 0) is 6.73 Å². The molecule has 2 aromatic carbocycles. The maximum Gasteiger partial charge on any atom is 0.276 e. The van der Waals surface area contributed by atoms with E-state index in [1.54, 1.807) is 18.3 Å². The first-order valence-electron chi connectivity index (χ1n) is 7.09. The molecule has 0 aliphatic carbocycles. The van der Waals surface area contributed by atoms with Crippen molar-refractivity contribution < 1.29 is 18.3 Å². The molecule has 1 amide bonds. The SMILES string of the molecule is O=C(Nc1ccc(F)cc1F)c1ccn(COc2ccccc2)n1. The number of amides is 1. The zero-order valence-corrected chi connectivity index (χ0v) is 12.4. The summed E-state index contributed by atoms with van der Waals surface area (Å²) < 4.78 is 33.3. The highest BCUT2D eigenvalue weighted by Gasteiger charge is 2.13. The first kappa shape index (κ1) is 15.7. The molecule has 1 N–H and O–H groups in total. The van der Waals surface area contributed by atoms with E-state index in [1.807, 2.05) is 18.2 Å². The maximum absolute atomic E-state index is 13.5. The van der Waals surface area contributed by atoms with E-state index in [4.69, 9.17) is 4.74 Å². The number of carbonyl (C=O) groups excluding carboxylic acids is 1. The first-order valence-corrected chi connectivity index (χ1v) is 7.09. The van der Waals surface area contributed by atoms with E-state index < -0.39 is 17.5 Å². The predicted octanol–water partition coefficient (Wildman–Crippen LogP) is 3.45. The smallest absolute Gasteiger partial charge is 0.276 e. The van der Waals surface area contributed by atoms with Crippen molar-refractivity contribution in [3.8, 4) is 5.75 Å². The minimum Gasteiger partial charge on any atom is -0.471 e. The van der Waals surface area contributed by atoms with E-state index >= 15 is 0 Å². The molecule has 7 heteroatoms. The average Bonchev–Trinajstić information content (AvgIpc) is 3.05. The number of rotatable bonds is 5. The molecule has 0 fully saturated rings. The summed E-state index contributed by atoms with van der Waals surface area (Å²) in [7, 11) is 0. The number of benzene rings is 2. The van der Waals surface area contributed by atoms with Crippen molar-refractivity contribution in [2.45, 2.75) is 6.73 Å². The van der Waals surface area contributed by atoms with Gasteiger partial charge in [-0.3, -0.25) is 4.79 Å². The molecule has 0 unspecified atom stereocenters. The summed E-state index contributed by atoms with van der Waals surface area (Å²) in [4.78, 5) is 12.1. The van der Waals surface area contributed by atoms with Crippen LogP contribution < -0.4 is 10.1 Å². The van der Waals surface area contributed by atoms with Crippen LogP contribution in [0.1, 0.15) is 10.5 Å².